The van der Waals surface area contributed by atoms with Crippen molar-refractivity contribution in [1.29, 1.82) is 0 Å². The van der Waals surface area contributed by atoms with Crippen molar-refractivity contribution in [2.24, 2.45) is 23.5 Å². The number of amides is 6. The first kappa shape index (κ1) is 106. The zero-order valence-corrected chi connectivity index (χ0v) is 74.1. The van der Waals surface area contributed by atoms with E-state index in [4.69, 9.17) is 76.8 Å². The third kappa shape index (κ3) is 41.6. The molecule has 1 aliphatic heterocycles. The molecule has 676 valence electrons. The maximum absolute atomic E-state index is 15.5. The monoisotopic (exact) mass is 1690 g/mol. The number of nitrogens with one attached hydrogen (secondary N) is 5. The van der Waals surface area contributed by atoms with E-state index in [-0.39, 0.29) is 123 Å². The molecule has 0 aromatic heterocycles. The fourth-order valence-electron chi connectivity index (χ4n) is 13.9. The highest BCUT2D eigenvalue weighted by Gasteiger charge is 2.56. The Morgan fingerprint density at radius 1 is 0.602 bits per heavy atom. The number of carbonyl (C=O) groups excluding carboxylic acids is 15. The van der Waals surface area contributed by atoms with Gasteiger partial charge in [0.05, 0.1) is 101 Å². The highest BCUT2D eigenvalue weighted by molar-refractivity contribution is 5.79. The Kier molecular flexibility index (Phi) is 43.3. The number of esters is 9. The molecule has 2 fully saturated rings. The van der Waals surface area contributed by atoms with Gasteiger partial charge in [0.15, 0.2) is 6.10 Å². The van der Waals surface area contributed by atoms with Crippen molar-refractivity contribution in [2.75, 3.05) is 59.5 Å². The maximum Gasteiger partial charge on any atom is 0.305 e. The van der Waals surface area contributed by atoms with Gasteiger partial charge in [-0.1, -0.05) is 13.8 Å². The van der Waals surface area contributed by atoms with Crippen LogP contribution in [-0.4, -0.2) is 254 Å². The molecule has 1 saturated heterocycles. The van der Waals surface area contributed by atoms with E-state index >= 15 is 4.79 Å². The summed E-state index contributed by atoms with van der Waals surface area (Å²) in [6.45, 7) is 34.3. The second kappa shape index (κ2) is 48.3. The van der Waals surface area contributed by atoms with Crippen molar-refractivity contribution in [3.05, 3.63) is 0 Å². The van der Waals surface area contributed by atoms with E-state index in [0.29, 0.717) is 12.8 Å². The van der Waals surface area contributed by atoms with E-state index in [1.807, 2.05) is 13.8 Å². The van der Waals surface area contributed by atoms with Crippen LogP contribution in [-0.2, 0) is 143 Å². The van der Waals surface area contributed by atoms with Gasteiger partial charge in [-0.05, 0) is 146 Å². The second-order valence-electron chi connectivity index (χ2n) is 34.5. The number of rotatable bonds is 34. The molecular weight excluding hydrogens is 1550 g/mol. The molecule has 37 nitrogen and oxygen atoms in total. The molecule has 37 heteroatoms. The lowest BCUT2D eigenvalue weighted by Crippen LogP contribution is -2.69. The molecule has 0 spiro atoms. The van der Waals surface area contributed by atoms with E-state index in [0.717, 1.165) is 55.4 Å². The van der Waals surface area contributed by atoms with Gasteiger partial charge in [0.25, 0.3) is 12.6 Å². The predicted molar refractivity (Wildman–Crippen MR) is 422 cm³/mol. The van der Waals surface area contributed by atoms with Gasteiger partial charge in [0, 0.05) is 125 Å². The van der Waals surface area contributed by atoms with Crippen LogP contribution >= 0.6 is 0 Å². The minimum atomic E-state index is -2.16. The largest absolute Gasteiger partial charge is 0.466 e. The number of nitrogens with zero attached hydrogens (tertiary/aromatic N) is 1. The summed E-state index contributed by atoms with van der Waals surface area (Å²) in [5, 5.41) is 14.6. The Bertz CT molecular complexity index is 3350. The SMILES string of the molecule is CC(=O)NC(C(CC(C)COC(C)=O)OC(C)(C)CCC(C)(C)NC(=O)CCOCC1(N)COCCC(=O)NC(C)(C)CCC(C)(C)OC(CC(C)COC(C)=O)C(C(OC(C)=O)OC(C)=O)N(C(C)=O)C(C)(OC2CC(COC(C)=O)C(OC(C)=O)C(OC(C)=O)C2NC(C)=O)CCC(C)(C)NC(=O)CCOC1)C(OC(C)=O)OC(C)=O. The second-order valence-corrected chi connectivity index (χ2v) is 34.5. The molecule has 1 saturated carbocycles. The Morgan fingerprint density at radius 3 is 1.56 bits per heavy atom. The Morgan fingerprint density at radius 2 is 1.09 bits per heavy atom. The summed E-state index contributed by atoms with van der Waals surface area (Å²) in [5.74, 6) is -12.7. The summed E-state index contributed by atoms with van der Waals surface area (Å²) < 4.78 is 90.2. The smallest absolute Gasteiger partial charge is 0.305 e. The van der Waals surface area contributed by atoms with Gasteiger partial charge in [-0.25, -0.2) is 0 Å². The maximum atomic E-state index is 15.5. The Hall–Kier alpha value is -8.23. The third-order valence-corrected chi connectivity index (χ3v) is 19.2. The number of hydrogen-bond acceptors (Lipinski definition) is 31. The van der Waals surface area contributed by atoms with Gasteiger partial charge >= 0.3 is 53.7 Å². The molecule has 2 rings (SSSR count). The molecule has 13 unspecified atom stereocenters. The average Bonchev–Trinajstić information content (AvgIpc) is 0.753. The highest BCUT2D eigenvalue weighted by atomic mass is 16.7. The first-order valence-corrected chi connectivity index (χ1v) is 40.0. The van der Waals surface area contributed by atoms with Crippen LogP contribution < -0.4 is 32.3 Å². The van der Waals surface area contributed by atoms with Gasteiger partial charge in [0.2, 0.25) is 35.4 Å². The Balaban J connectivity index is 2.82. The van der Waals surface area contributed by atoms with Crippen LogP contribution in [0.1, 0.15) is 250 Å². The summed E-state index contributed by atoms with van der Waals surface area (Å²) >= 11 is 0. The van der Waals surface area contributed by atoms with Gasteiger partial charge in [-0.3, -0.25) is 71.9 Å². The minimum Gasteiger partial charge on any atom is -0.466 e. The van der Waals surface area contributed by atoms with Crippen LogP contribution in [0, 0.1) is 17.8 Å². The fraction of sp³-hybridized carbons (Fsp3) is 0.815. The van der Waals surface area contributed by atoms with Crippen molar-refractivity contribution < 1.29 is 143 Å². The van der Waals surface area contributed by atoms with E-state index in [9.17, 15) is 67.1 Å². The molecule has 6 amide bonds. The molecule has 0 aromatic rings. The number of nitrogens with two attached hydrogens (primary N) is 1. The standard InChI is InChI=1S/C81H137N7O30/c1-47(41-107-52(6)92)38-62(69(84-50(4)90)73(112-57(11)97)113-58(12)98)116-78(21,22)32-29-75(15,16)85-65(101)26-35-104-44-81(82)45-105-36-27-66(102)86-76(17,18)30-33-79(23,24)117-64(39-48(2)42-108-53(7)93)70(74(114-59(13)99)115-60(14)100)88(51(5)91)80(25,34-31-77(19,20)87-67(103)28-37-106-46-81)118-63-40-61(43-109-54(8)94)71(110-55(9)95)72(111-56(10)96)68(63)83-49(3)89/h47-48,61-64,68-74H,26-46,82H2,1-25H3,(H,83,89)(H,84,90)(H,85,101)(H,86,102)(H,87,103). The Labute approximate surface area is 694 Å². The van der Waals surface area contributed by atoms with Gasteiger partial charge in [-0.2, -0.15) is 0 Å². The summed E-state index contributed by atoms with van der Waals surface area (Å²) in [5.41, 5.74) is -2.01. The molecule has 7 N–H and O–H groups in total. The highest BCUT2D eigenvalue weighted by Crippen LogP contribution is 2.42. The predicted octanol–water partition coefficient (Wildman–Crippen LogP) is 5.13. The van der Waals surface area contributed by atoms with E-state index in [2.05, 4.69) is 26.6 Å². The van der Waals surface area contributed by atoms with Crippen LogP contribution in [0.4, 0.5) is 0 Å². The summed E-state index contributed by atoms with van der Waals surface area (Å²) in [6.07, 6.45) is -10.7. The molecule has 1 heterocycles. The van der Waals surface area contributed by atoms with Gasteiger partial charge in [-0.15, -0.1) is 0 Å². The first-order chi connectivity index (χ1) is 54.3. The van der Waals surface area contributed by atoms with Gasteiger partial charge in [0.1, 0.15) is 23.9 Å². The summed E-state index contributed by atoms with van der Waals surface area (Å²) in [4.78, 5) is 199. The molecule has 0 radical (unpaired) electrons. The van der Waals surface area contributed by atoms with Crippen LogP contribution in [0.15, 0.2) is 0 Å². The first-order valence-electron chi connectivity index (χ1n) is 40.0. The molecule has 1 aliphatic carbocycles. The van der Waals surface area contributed by atoms with Crippen LogP contribution in [0.3, 0.4) is 0 Å². The van der Waals surface area contributed by atoms with Crippen molar-refractivity contribution in [3.8, 4) is 0 Å². The van der Waals surface area contributed by atoms with Crippen molar-refractivity contribution in [3.63, 3.8) is 0 Å². The van der Waals surface area contributed by atoms with Crippen molar-refractivity contribution >= 4 is 89.2 Å². The van der Waals surface area contributed by atoms with Crippen molar-refractivity contribution in [2.45, 2.75) is 350 Å². The van der Waals surface area contributed by atoms with E-state index < -0.39 is 208 Å². The van der Waals surface area contributed by atoms with Crippen LogP contribution in [0.2, 0.25) is 0 Å². The summed E-state index contributed by atoms with van der Waals surface area (Å²) in [7, 11) is 0. The third-order valence-electron chi connectivity index (χ3n) is 19.2. The topological polar surface area (TPSA) is 484 Å². The van der Waals surface area contributed by atoms with E-state index in [1.54, 1.807) is 69.2 Å². The molecule has 2 aliphatic rings. The number of ether oxygens (including phenoxy) is 15. The molecule has 0 aromatic carbocycles. The number of hydrogen-bond donors (Lipinski definition) is 6. The molecule has 0 bridgehead atoms. The zero-order valence-electron chi connectivity index (χ0n) is 74.1. The number of carbonyl (C=O) groups is 15. The lowest BCUT2D eigenvalue weighted by atomic mass is 9.78. The molecule has 118 heavy (non-hydrogen) atoms. The zero-order chi connectivity index (χ0) is 90.2. The van der Waals surface area contributed by atoms with Crippen LogP contribution in [0.25, 0.3) is 0 Å². The molecular formula is C81H137N7O30. The summed E-state index contributed by atoms with van der Waals surface area (Å²) in [6, 6.07) is -4.39. The lowest BCUT2D eigenvalue weighted by Gasteiger charge is -2.53. The average molecular weight is 1690 g/mol. The minimum absolute atomic E-state index is 0.0228. The van der Waals surface area contributed by atoms with Gasteiger partial charge < -0.3 is 108 Å². The lowest BCUT2D eigenvalue weighted by molar-refractivity contribution is -0.269. The van der Waals surface area contributed by atoms with Crippen LogP contribution in [0.5, 0.6) is 0 Å². The normalized spacial score (nSPS) is 24.3. The quantitative estimate of drug-likeness (QED) is 0.0210. The van der Waals surface area contributed by atoms with E-state index in [1.165, 1.54) is 39.5 Å². The fourth-order valence-corrected chi connectivity index (χ4v) is 13.9. The molecule has 13 atom stereocenters. The van der Waals surface area contributed by atoms with Crippen molar-refractivity contribution in [1.82, 2.24) is 31.5 Å².